The minimum atomic E-state index is -5.35. The summed E-state index contributed by atoms with van der Waals surface area (Å²) in [5.74, 6) is -1.16. The molecule has 7 aromatic carbocycles. The number of benzene rings is 7. The normalized spacial score (nSPS) is 12.0. The van der Waals surface area contributed by atoms with E-state index < -0.39 is 63.6 Å². The van der Waals surface area contributed by atoms with Gasteiger partial charge >= 0.3 is 59.1 Å². The van der Waals surface area contributed by atoms with Gasteiger partial charge in [0.25, 0.3) is 10.1 Å². The third kappa shape index (κ3) is 11.3. The quantitative estimate of drug-likeness (QED) is 0.0471. The van der Waals surface area contributed by atoms with Crippen LogP contribution < -0.4 is 92.9 Å². The molecule has 20 nitrogen and oxygen atoms in total. The molecule has 0 saturated carbocycles. The zero-order chi connectivity index (χ0) is 44.3. The SMILES string of the molecule is Nc1ccc(N=Nc2cc(N=Nc3ccc(-c4ccc(N=Nc5c(S(=O)(=O)[O-])cc6cc(S(=O)(=O)O)c(N=Nc7ccc(N)cc7)c([O-])c6c5N)cc4)cc3)c(N)cc2N)cc1.[Na+].[Na+]. The van der Waals surface area contributed by atoms with Gasteiger partial charge < -0.3 is 38.3 Å². The van der Waals surface area contributed by atoms with Gasteiger partial charge in [0, 0.05) is 16.8 Å². The van der Waals surface area contributed by atoms with E-state index in [1.807, 2.05) is 0 Å². The molecule has 7 aromatic rings. The van der Waals surface area contributed by atoms with Gasteiger partial charge in [-0.3, -0.25) is 4.55 Å². The van der Waals surface area contributed by atoms with Gasteiger partial charge in [0.05, 0.1) is 50.4 Å². The van der Waals surface area contributed by atoms with E-state index in [-0.39, 0.29) is 76.2 Å². The van der Waals surface area contributed by atoms with E-state index in [4.69, 9.17) is 28.7 Å². The molecule has 0 bridgehead atoms. The van der Waals surface area contributed by atoms with Crippen LogP contribution in [0.25, 0.3) is 21.9 Å². The Kier molecular flexibility index (Phi) is 15.4. The second-order valence-corrected chi connectivity index (χ2v) is 16.0. The van der Waals surface area contributed by atoms with Crippen LogP contribution in [0, 0.1) is 0 Å². The molecule has 0 aliphatic carbocycles. The largest absolute Gasteiger partial charge is 1.00 e. The molecule has 0 heterocycles. The van der Waals surface area contributed by atoms with Gasteiger partial charge in [-0.2, -0.15) is 28.9 Å². The Balaban J connectivity index is 0.00000385. The Hall–Kier alpha value is -6.18. The summed E-state index contributed by atoms with van der Waals surface area (Å²) in [6.45, 7) is 0. The molecule has 0 unspecified atom stereocenters. The minimum Gasteiger partial charge on any atom is -0.870 e. The zero-order valence-electron chi connectivity index (χ0n) is 33.7. The fraction of sp³-hybridized carbons (Fsp3) is 0. The van der Waals surface area contributed by atoms with Crippen molar-refractivity contribution in [2.75, 3.05) is 28.7 Å². The maximum atomic E-state index is 13.7. The molecular weight excluding hydrogens is 885 g/mol. The number of hydrogen-bond donors (Lipinski definition) is 6. The summed E-state index contributed by atoms with van der Waals surface area (Å²) in [5, 5.41) is 45.4. The number of nitrogens with two attached hydrogens (primary N) is 5. The third-order valence-corrected chi connectivity index (χ3v) is 10.7. The van der Waals surface area contributed by atoms with E-state index in [1.54, 1.807) is 78.9 Å². The second-order valence-electron chi connectivity index (χ2n) is 13.3. The van der Waals surface area contributed by atoms with E-state index in [1.165, 1.54) is 30.3 Å². The summed E-state index contributed by atoms with van der Waals surface area (Å²) >= 11 is 0. The molecule has 7 rings (SSSR count). The Morgan fingerprint density at radius 3 is 1.25 bits per heavy atom. The molecule has 64 heavy (non-hydrogen) atoms. The van der Waals surface area contributed by atoms with Gasteiger partial charge in [0.15, 0.2) is 0 Å². The third-order valence-electron chi connectivity index (χ3n) is 8.95. The molecule has 0 atom stereocenters. The summed E-state index contributed by atoms with van der Waals surface area (Å²) in [6, 6.07) is 30.7. The number of rotatable bonds is 11. The van der Waals surface area contributed by atoms with Crippen LogP contribution >= 0.6 is 0 Å². The van der Waals surface area contributed by atoms with Crippen LogP contribution in [0.15, 0.2) is 172 Å². The van der Waals surface area contributed by atoms with E-state index in [9.17, 15) is 31.0 Å². The Morgan fingerprint density at radius 2 is 0.844 bits per heavy atom. The monoisotopic (exact) mass is 915 g/mol. The average Bonchev–Trinajstić information content (AvgIpc) is 3.23. The fourth-order valence-corrected chi connectivity index (χ4v) is 7.14. The smallest absolute Gasteiger partial charge is 0.870 e. The summed E-state index contributed by atoms with van der Waals surface area (Å²) in [5.41, 5.74) is 33.0. The number of azo groups is 4. The number of fused-ring (bicyclic) bond motifs is 1. The van der Waals surface area contributed by atoms with Crippen molar-refractivity contribution in [1.29, 1.82) is 0 Å². The van der Waals surface area contributed by atoms with Crippen molar-refractivity contribution >= 4 is 105 Å². The van der Waals surface area contributed by atoms with E-state index >= 15 is 0 Å². The van der Waals surface area contributed by atoms with Gasteiger partial charge in [0.2, 0.25) is 0 Å². The summed E-state index contributed by atoms with van der Waals surface area (Å²) in [6.07, 6.45) is 0. The molecule has 0 aliphatic heterocycles. The number of nitrogen functional groups attached to an aromatic ring is 5. The summed E-state index contributed by atoms with van der Waals surface area (Å²) < 4.78 is 71.8. The average molecular weight is 916 g/mol. The first-order valence-corrected chi connectivity index (χ1v) is 20.6. The maximum absolute atomic E-state index is 13.7. The molecule has 24 heteroatoms. The molecule has 312 valence electrons. The first kappa shape index (κ1) is 48.8. The van der Waals surface area contributed by atoms with Crippen LogP contribution in [-0.4, -0.2) is 25.9 Å². The van der Waals surface area contributed by atoms with E-state index in [0.717, 1.165) is 17.2 Å². The van der Waals surface area contributed by atoms with Crippen molar-refractivity contribution in [2.45, 2.75) is 9.79 Å². The van der Waals surface area contributed by atoms with Gasteiger partial charge in [-0.05, 0) is 114 Å². The molecule has 0 saturated heterocycles. The maximum Gasteiger partial charge on any atom is 1.00 e. The molecule has 11 N–H and O–H groups in total. The van der Waals surface area contributed by atoms with Crippen molar-refractivity contribution in [1.82, 2.24) is 0 Å². The topological polar surface area (TPSA) is 364 Å². The van der Waals surface area contributed by atoms with Crippen LogP contribution in [0.4, 0.5) is 73.9 Å². The van der Waals surface area contributed by atoms with Crippen molar-refractivity contribution in [3.8, 4) is 16.9 Å². The standard InChI is InChI=1S/C40H33N13O7S2.2Na/c41-24-5-13-28(14-6-24)47-51-33-20-32(30(43)19-31(33)44)50-46-26-9-1-21(2-10-26)22-3-11-27(12-4-22)48-52-38-34(61(55,56)57)17-23-18-35(62(58,59)60)39(40(54)36(23)37(38)45)53-49-29-15-7-25(42)8-16-29;;/h1-20,54H,41-45H2,(H,55,56,57)(H,58,59,60);;/q;2*+1/p-2. The first-order valence-electron chi connectivity index (χ1n) is 17.8. The summed E-state index contributed by atoms with van der Waals surface area (Å²) in [7, 11) is -10.5. The van der Waals surface area contributed by atoms with Gasteiger partial charge in [-0.15, -0.1) is 20.5 Å². The second kappa shape index (κ2) is 20.1. The predicted molar refractivity (Wildman–Crippen MR) is 231 cm³/mol. The first-order chi connectivity index (χ1) is 29.4. The van der Waals surface area contributed by atoms with Crippen LogP contribution in [0.3, 0.4) is 0 Å². The van der Waals surface area contributed by atoms with Gasteiger partial charge in [-0.1, -0.05) is 30.0 Å². The van der Waals surface area contributed by atoms with Crippen LogP contribution in [0.2, 0.25) is 0 Å². The molecule has 0 aliphatic rings. The molecule has 0 aromatic heterocycles. The van der Waals surface area contributed by atoms with Crippen LogP contribution in [-0.2, 0) is 20.2 Å². The Morgan fingerprint density at radius 1 is 0.469 bits per heavy atom. The number of anilines is 5. The van der Waals surface area contributed by atoms with Crippen LogP contribution in [0.1, 0.15) is 0 Å². The molecule has 0 spiro atoms. The van der Waals surface area contributed by atoms with Crippen molar-refractivity contribution in [3.05, 3.63) is 121 Å². The number of nitrogens with zero attached hydrogens (tertiary/aromatic N) is 8. The molecule has 0 fully saturated rings. The van der Waals surface area contributed by atoms with Crippen molar-refractivity contribution in [3.63, 3.8) is 0 Å². The Labute approximate surface area is 409 Å². The van der Waals surface area contributed by atoms with Crippen molar-refractivity contribution in [2.24, 2.45) is 40.9 Å². The summed E-state index contributed by atoms with van der Waals surface area (Å²) in [4.78, 5) is -2.01. The van der Waals surface area contributed by atoms with Crippen molar-refractivity contribution < 1.29 is 90.2 Å². The van der Waals surface area contributed by atoms with Gasteiger partial charge in [0.1, 0.15) is 32.1 Å². The molecular formula is C40H31N13Na2O7S2. The number of hydrogen-bond acceptors (Lipinski definition) is 19. The van der Waals surface area contributed by atoms with Gasteiger partial charge in [-0.25, -0.2) is 8.42 Å². The van der Waals surface area contributed by atoms with E-state index in [0.29, 0.717) is 45.9 Å². The minimum absolute atomic E-state index is 0. The fourth-order valence-electron chi connectivity index (χ4n) is 5.83. The zero-order valence-corrected chi connectivity index (χ0v) is 39.4. The van der Waals surface area contributed by atoms with Crippen LogP contribution in [0.5, 0.6) is 5.75 Å². The van der Waals surface area contributed by atoms with E-state index in [2.05, 4.69) is 40.9 Å². The predicted octanol–water partition coefficient (Wildman–Crippen LogP) is 3.31. The molecule has 0 amide bonds. The molecule has 0 radical (unpaired) electrons. The Bertz CT molecular complexity index is 3230.